The summed E-state index contributed by atoms with van der Waals surface area (Å²) < 4.78 is 5.24. The van der Waals surface area contributed by atoms with E-state index in [0.29, 0.717) is 26.0 Å². The van der Waals surface area contributed by atoms with Crippen LogP contribution in [0.25, 0.3) is 0 Å². The first-order valence-electron chi connectivity index (χ1n) is 10.4. The van der Waals surface area contributed by atoms with Crippen LogP contribution in [0.15, 0.2) is 24.3 Å². The van der Waals surface area contributed by atoms with Crippen LogP contribution in [0.1, 0.15) is 32.6 Å². The van der Waals surface area contributed by atoms with Crippen LogP contribution in [0.2, 0.25) is 0 Å². The number of esters is 1. The van der Waals surface area contributed by atoms with E-state index in [2.05, 4.69) is 27.4 Å². The minimum absolute atomic E-state index is 0.143. The van der Waals surface area contributed by atoms with Crippen LogP contribution in [-0.4, -0.2) is 68.1 Å². The summed E-state index contributed by atoms with van der Waals surface area (Å²) in [5.41, 5.74) is 1.97. The SMILES string of the molecule is CCCCOC(=O)CN1CCN(c2ccc(NC3CCC(=O)NC3=O)cc2)CC1. The second kappa shape index (κ2) is 10.2. The molecule has 2 aliphatic rings. The lowest BCUT2D eigenvalue weighted by atomic mass is 10.1. The second-order valence-electron chi connectivity index (χ2n) is 7.53. The molecule has 1 aromatic rings. The Morgan fingerprint density at radius 2 is 1.90 bits per heavy atom. The van der Waals surface area contributed by atoms with Crippen LogP contribution in [0.4, 0.5) is 11.4 Å². The topological polar surface area (TPSA) is 91.0 Å². The van der Waals surface area contributed by atoms with E-state index >= 15 is 0 Å². The van der Waals surface area contributed by atoms with Gasteiger partial charge in [0.05, 0.1) is 13.2 Å². The average Bonchev–Trinajstić information content (AvgIpc) is 2.71. The van der Waals surface area contributed by atoms with Crippen molar-refractivity contribution in [1.82, 2.24) is 10.2 Å². The molecule has 158 valence electrons. The van der Waals surface area contributed by atoms with E-state index in [4.69, 9.17) is 4.74 Å². The van der Waals surface area contributed by atoms with Crippen LogP contribution in [0.5, 0.6) is 0 Å². The van der Waals surface area contributed by atoms with Crippen LogP contribution in [-0.2, 0) is 19.1 Å². The van der Waals surface area contributed by atoms with Gasteiger partial charge in [-0.25, -0.2) is 0 Å². The highest BCUT2D eigenvalue weighted by Gasteiger charge is 2.26. The number of piperidine rings is 1. The van der Waals surface area contributed by atoms with Gasteiger partial charge in [0.15, 0.2) is 0 Å². The van der Waals surface area contributed by atoms with Gasteiger partial charge in [-0.1, -0.05) is 13.3 Å². The molecule has 2 fully saturated rings. The number of piperazine rings is 1. The number of carbonyl (C=O) groups excluding carboxylic acids is 3. The molecule has 0 aromatic heterocycles. The fourth-order valence-electron chi connectivity index (χ4n) is 3.52. The van der Waals surface area contributed by atoms with Gasteiger partial charge in [-0.05, 0) is 37.1 Å². The Kier molecular flexibility index (Phi) is 7.46. The Hall–Kier alpha value is -2.61. The Bertz CT molecular complexity index is 714. The molecule has 2 aliphatic heterocycles. The van der Waals surface area contributed by atoms with E-state index in [1.807, 2.05) is 24.3 Å². The van der Waals surface area contributed by atoms with Crippen molar-refractivity contribution in [3.63, 3.8) is 0 Å². The number of benzene rings is 1. The van der Waals surface area contributed by atoms with E-state index in [9.17, 15) is 14.4 Å². The molecule has 0 bridgehead atoms. The number of nitrogens with zero attached hydrogens (tertiary/aromatic N) is 2. The molecule has 1 aromatic carbocycles. The third-order valence-electron chi connectivity index (χ3n) is 5.30. The molecular formula is C21H30N4O4. The highest BCUT2D eigenvalue weighted by atomic mass is 16.5. The van der Waals surface area contributed by atoms with Gasteiger partial charge in [-0.2, -0.15) is 0 Å². The number of imide groups is 1. The summed E-state index contributed by atoms with van der Waals surface area (Å²) in [7, 11) is 0. The van der Waals surface area contributed by atoms with Crippen LogP contribution >= 0.6 is 0 Å². The highest BCUT2D eigenvalue weighted by Crippen LogP contribution is 2.21. The van der Waals surface area contributed by atoms with Gasteiger partial charge in [0, 0.05) is 44.0 Å². The fraction of sp³-hybridized carbons (Fsp3) is 0.571. The molecule has 1 unspecified atom stereocenters. The van der Waals surface area contributed by atoms with Crippen molar-refractivity contribution in [2.45, 2.75) is 38.6 Å². The number of hydrogen-bond donors (Lipinski definition) is 2. The fourth-order valence-corrected chi connectivity index (χ4v) is 3.52. The van der Waals surface area contributed by atoms with Gasteiger partial charge in [-0.15, -0.1) is 0 Å². The molecule has 8 nitrogen and oxygen atoms in total. The third kappa shape index (κ3) is 6.19. The van der Waals surface area contributed by atoms with Crippen molar-refractivity contribution < 1.29 is 19.1 Å². The van der Waals surface area contributed by atoms with E-state index in [1.165, 1.54) is 0 Å². The lowest BCUT2D eigenvalue weighted by molar-refractivity contribution is -0.145. The van der Waals surface area contributed by atoms with Crippen molar-refractivity contribution >= 4 is 29.2 Å². The Morgan fingerprint density at radius 1 is 1.17 bits per heavy atom. The number of amides is 2. The lowest BCUT2D eigenvalue weighted by Gasteiger charge is -2.35. The molecule has 8 heteroatoms. The number of nitrogens with one attached hydrogen (secondary N) is 2. The molecule has 2 amide bonds. The number of carbonyl (C=O) groups is 3. The number of ether oxygens (including phenoxy) is 1. The molecule has 1 atom stereocenters. The first-order valence-corrected chi connectivity index (χ1v) is 10.4. The number of rotatable bonds is 8. The highest BCUT2D eigenvalue weighted by molar-refractivity contribution is 6.01. The quantitative estimate of drug-likeness (QED) is 0.386. The standard InChI is InChI=1S/C21H30N4O4/c1-2-3-14-29-20(27)15-24-10-12-25(13-11-24)17-6-4-16(5-7-17)22-18-8-9-19(26)23-21(18)28/h4-7,18,22H,2-3,8-15H2,1H3,(H,23,26,28). The summed E-state index contributed by atoms with van der Waals surface area (Å²) in [4.78, 5) is 39.4. The van der Waals surface area contributed by atoms with Gasteiger partial charge >= 0.3 is 5.97 Å². The summed E-state index contributed by atoms with van der Waals surface area (Å²) in [6.45, 7) is 6.27. The average molecular weight is 402 g/mol. The maximum atomic E-state index is 11.9. The van der Waals surface area contributed by atoms with E-state index in [1.54, 1.807) is 0 Å². The normalized spacial score (nSPS) is 20.3. The van der Waals surface area contributed by atoms with Crippen LogP contribution in [0.3, 0.4) is 0 Å². The molecule has 2 saturated heterocycles. The molecule has 2 heterocycles. The number of hydrogen-bond acceptors (Lipinski definition) is 7. The predicted molar refractivity (Wildman–Crippen MR) is 111 cm³/mol. The lowest BCUT2D eigenvalue weighted by Crippen LogP contribution is -2.48. The van der Waals surface area contributed by atoms with Crippen molar-refractivity contribution in [2.24, 2.45) is 0 Å². The van der Waals surface area contributed by atoms with Gasteiger partial charge in [0.25, 0.3) is 0 Å². The largest absolute Gasteiger partial charge is 0.465 e. The van der Waals surface area contributed by atoms with E-state index < -0.39 is 0 Å². The summed E-state index contributed by atoms with van der Waals surface area (Å²) in [6, 6.07) is 7.60. The Labute approximate surface area is 171 Å². The summed E-state index contributed by atoms with van der Waals surface area (Å²) >= 11 is 0. The molecule has 0 spiro atoms. The van der Waals surface area contributed by atoms with Crippen molar-refractivity contribution in [3.8, 4) is 0 Å². The van der Waals surface area contributed by atoms with Crippen molar-refractivity contribution in [3.05, 3.63) is 24.3 Å². The van der Waals surface area contributed by atoms with Gasteiger partial charge in [0.2, 0.25) is 11.8 Å². The van der Waals surface area contributed by atoms with Crippen LogP contribution < -0.4 is 15.5 Å². The monoisotopic (exact) mass is 402 g/mol. The molecule has 2 N–H and O–H groups in total. The third-order valence-corrected chi connectivity index (χ3v) is 5.30. The zero-order valence-corrected chi connectivity index (χ0v) is 17.0. The molecule has 29 heavy (non-hydrogen) atoms. The van der Waals surface area contributed by atoms with Gasteiger partial charge in [-0.3, -0.25) is 24.6 Å². The van der Waals surface area contributed by atoms with Crippen molar-refractivity contribution in [1.29, 1.82) is 0 Å². The Morgan fingerprint density at radius 3 is 2.55 bits per heavy atom. The van der Waals surface area contributed by atoms with Crippen LogP contribution in [0, 0.1) is 0 Å². The summed E-state index contributed by atoms with van der Waals surface area (Å²) in [6.07, 6.45) is 2.80. The number of unbranched alkanes of at least 4 members (excludes halogenated alkanes) is 1. The first-order chi connectivity index (χ1) is 14.0. The Balaban J connectivity index is 1.43. The van der Waals surface area contributed by atoms with Gasteiger partial charge < -0.3 is 15.0 Å². The summed E-state index contributed by atoms with van der Waals surface area (Å²) in [5, 5.41) is 5.55. The minimum atomic E-state index is -0.376. The number of anilines is 2. The zero-order valence-electron chi connectivity index (χ0n) is 17.0. The molecule has 0 aliphatic carbocycles. The minimum Gasteiger partial charge on any atom is -0.465 e. The van der Waals surface area contributed by atoms with E-state index in [-0.39, 0.29) is 23.8 Å². The molecule has 3 rings (SSSR count). The first kappa shape index (κ1) is 21.1. The smallest absolute Gasteiger partial charge is 0.320 e. The second-order valence-corrected chi connectivity index (χ2v) is 7.53. The van der Waals surface area contributed by atoms with Crippen molar-refractivity contribution in [2.75, 3.05) is 49.5 Å². The zero-order chi connectivity index (χ0) is 20.6. The molecular weight excluding hydrogens is 372 g/mol. The predicted octanol–water partition coefficient (Wildman–Crippen LogP) is 1.37. The maximum absolute atomic E-state index is 11.9. The molecule has 0 radical (unpaired) electrons. The van der Waals surface area contributed by atoms with E-state index in [0.717, 1.165) is 50.4 Å². The van der Waals surface area contributed by atoms with Gasteiger partial charge in [0.1, 0.15) is 6.04 Å². The maximum Gasteiger partial charge on any atom is 0.320 e. The summed E-state index contributed by atoms with van der Waals surface area (Å²) in [5.74, 6) is -0.623. The molecule has 0 saturated carbocycles.